The van der Waals surface area contributed by atoms with Crippen LogP contribution in [0.15, 0.2) is 60.8 Å². The molecule has 0 saturated heterocycles. The van der Waals surface area contributed by atoms with Crippen LogP contribution in [0.4, 0.5) is 4.39 Å². The van der Waals surface area contributed by atoms with Gasteiger partial charge in [-0.15, -0.1) is 0 Å². The summed E-state index contributed by atoms with van der Waals surface area (Å²) in [6.45, 7) is 0.472. The summed E-state index contributed by atoms with van der Waals surface area (Å²) in [5.74, 6) is 0.0336. The summed E-state index contributed by atoms with van der Waals surface area (Å²) in [7, 11) is 0. The lowest BCUT2D eigenvalue weighted by Crippen LogP contribution is -2.23. The molecule has 1 amide bonds. The van der Waals surface area contributed by atoms with Gasteiger partial charge in [0.2, 0.25) is 0 Å². The van der Waals surface area contributed by atoms with Crippen molar-refractivity contribution in [1.29, 1.82) is 0 Å². The Labute approximate surface area is 149 Å². The number of nitrogens with zero attached hydrogens (tertiary/aromatic N) is 2. The molecule has 0 unspecified atom stereocenters. The molecule has 128 valence electrons. The zero-order valence-corrected chi connectivity index (χ0v) is 13.9. The largest absolute Gasteiger partial charge is 0.471 e. The third-order valence-electron chi connectivity index (χ3n) is 3.42. The Morgan fingerprint density at radius 1 is 1.12 bits per heavy atom. The highest BCUT2D eigenvalue weighted by Crippen LogP contribution is 2.15. The third kappa shape index (κ3) is 4.81. The molecule has 0 fully saturated rings. The van der Waals surface area contributed by atoms with E-state index in [9.17, 15) is 9.18 Å². The minimum Gasteiger partial charge on any atom is -0.471 e. The van der Waals surface area contributed by atoms with Crippen molar-refractivity contribution in [3.8, 4) is 5.75 Å². The van der Waals surface area contributed by atoms with E-state index in [1.165, 1.54) is 16.8 Å². The third-order valence-corrected chi connectivity index (χ3v) is 3.67. The summed E-state index contributed by atoms with van der Waals surface area (Å²) >= 11 is 5.81. The van der Waals surface area contributed by atoms with Gasteiger partial charge in [-0.05, 0) is 48.0 Å². The van der Waals surface area contributed by atoms with Gasteiger partial charge >= 0.3 is 0 Å². The number of nitrogens with one attached hydrogen (secondary N) is 1. The molecular formula is C18H15ClFN3O2. The number of rotatable bonds is 6. The Bertz CT molecular complexity index is 848. The number of hydrogen-bond acceptors (Lipinski definition) is 3. The first-order valence-electron chi connectivity index (χ1n) is 7.54. The molecule has 0 atom stereocenters. The number of amides is 1. The summed E-state index contributed by atoms with van der Waals surface area (Å²) in [6.07, 6.45) is 1.66. The summed E-state index contributed by atoms with van der Waals surface area (Å²) in [4.78, 5) is 12.1. The van der Waals surface area contributed by atoms with E-state index in [1.807, 2.05) is 0 Å². The summed E-state index contributed by atoms with van der Waals surface area (Å²) in [5, 5.41) is 7.53. The highest BCUT2D eigenvalue weighted by Gasteiger charge is 2.09. The molecule has 0 bridgehead atoms. The minimum atomic E-state index is -0.311. The molecule has 1 aromatic heterocycles. The zero-order chi connectivity index (χ0) is 17.6. The van der Waals surface area contributed by atoms with E-state index in [0.29, 0.717) is 17.3 Å². The second-order valence-electron chi connectivity index (χ2n) is 5.28. The summed E-state index contributed by atoms with van der Waals surface area (Å²) in [6, 6.07) is 14.5. The second-order valence-corrected chi connectivity index (χ2v) is 5.71. The van der Waals surface area contributed by atoms with E-state index in [-0.39, 0.29) is 24.1 Å². The molecule has 1 N–H and O–H groups in total. The van der Waals surface area contributed by atoms with Crippen LogP contribution >= 0.6 is 11.6 Å². The standard InChI is InChI=1S/C18H15ClFN3O2/c19-14-3-7-16(8-4-14)25-12-23-10-9-17(22-23)18(24)21-11-13-1-5-15(20)6-2-13/h1-10H,11-12H2,(H,21,24). The molecule has 0 aliphatic heterocycles. The molecule has 0 spiro atoms. The monoisotopic (exact) mass is 359 g/mol. The molecule has 7 heteroatoms. The summed E-state index contributed by atoms with van der Waals surface area (Å²) < 4.78 is 19.9. The van der Waals surface area contributed by atoms with Crippen LogP contribution in [0.2, 0.25) is 5.02 Å². The lowest BCUT2D eigenvalue weighted by molar-refractivity contribution is 0.0944. The average Bonchev–Trinajstić information content (AvgIpc) is 3.10. The van der Waals surface area contributed by atoms with Crippen molar-refractivity contribution in [2.45, 2.75) is 13.3 Å². The van der Waals surface area contributed by atoms with Gasteiger partial charge in [0.05, 0.1) is 0 Å². The molecule has 2 aromatic carbocycles. The quantitative estimate of drug-likeness (QED) is 0.731. The maximum atomic E-state index is 12.8. The molecule has 25 heavy (non-hydrogen) atoms. The van der Waals surface area contributed by atoms with Gasteiger partial charge in [-0.25, -0.2) is 9.07 Å². The fourth-order valence-corrected chi connectivity index (χ4v) is 2.23. The Balaban J connectivity index is 1.52. The van der Waals surface area contributed by atoms with Crippen LogP contribution in [0.3, 0.4) is 0 Å². The van der Waals surface area contributed by atoms with Crippen LogP contribution in [0.1, 0.15) is 16.1 Å². The van der Waals surface area contributed by atoms with Gasteiger partial charge in [0.25, 0.3) is 5.91 Å². The molecule has 3 aromatic rings. The lowest BCUT2D eigenvalue weighted by atomic mass is 10.2. The molecule has 0 aliphatic carbocycles. The van der Waals surface area contributed by atoms with Crippen molar-refractivity contribution in [1.82, 2.24) is 15.1 Å². The van der Waals surface area contributed by atoms with E-state index in [1.54, 1.807) is 48.7 Å². The second kappa shape index (κ2) is 7.81. The van der Waals surface area contributed by atoms with Crippen LogP contribution < -0.4 is 10.1 Å². The van der Waals surface area contributed by atoms with Gasteiger partial charge in [-0.3, -0.25) is 4.79 Å². The van der Waals surface area contributed by atoms with Gasteiger partial charge in [-0.2, -0.15) is 5.10 Å². The first-order valence-corrected chi connectivity index (χ1v) is 7.92. The zero-order valence-electron chi connectivity index (χ0n) is 13.2. The molecule has 5 nitrogen and oxygen atoms in total. The van der Waals surface area contributed by atoms with Gasteiger partial charge in [0, 0.05) is 17.8 Å². The number of carbonyl (C=O) groups excluding carboxylic acids is 1. The average molecular weight is 360 g/mol. The SMILES string of the molecule is O=C(NCc1ccc(F)cc1)c1ccn(COc2ccc(Cl)cc2)n1. The molecule has 3 rings (SSSR count). The summed E-state index contributed by atoms with van der Waals surface area (Å²) in [5.41, 5.74) is 1.09. The van der Waals surface area contributed by atoms with E-state index in [2.05, 4.69) is 10.4 Å². The fraction of sp³-hybridized carbons (Fsp3) is 0.111. The molecule has 1 heterocycles. The highest BCUT2D eigenvalue weighted by atomic mass is 35.5. The molecule has 0 saturated carbocycles. The number of hydrogen-bond donors (Lipinski definition) is 1. The number of halogens is 2. The number of benzene rings is 2. The predicted molar refractivity (Wildman–Crippen MR) is 91.9 cm³/mol. The van der Waals surface area contributed by atoms with E-state index >= 15 is 0 Å². The Hall–Kier alpha value is -2.86. The Morgan fingerprint density at radius 3 is 2.56 bits per heavy atom. The van der Waals surface area contributed by atoms with E-state index in [0.717, 1.165) is 5.56 Å². The van der Waals surface area contributed by atoms with Crippen molar-refractivity contribution in [2.75, 3.05) is 0 Å². The maximum Gasteiger partial charge on any atom is 0.272 e. The van der Waals surface area contributed by atoms with Crippen molar-refractivity contribution >= 4 is 17.5 Å². The van der Waals surface area contributed by atoms with Crippen LogP contribution in [0, 0.1) is 5.82 Å². The highest BCUT2D eigenvalue weighted by molar-refractivity contribution is 6.30. The Kier molecular flexibility index (Phi) is 5.30. The van der Waals surface area contributed by atoms with Crippen molar-refractivity contribution in [3.05, 3.63) is 82.9 Å². The van der Waals surface area contributed by atoms with Gasteiger partial charge in [0.1, 0.15) is 17.3 Å². The van der Waals surface area contributed by atoms with Crippen molar-refractivity contribution in [2.24, 2.45) is 0 Å². The van der Waals surface area contributed by atoms with Crippen LogP contribution in [0.25, 0.3) is 0 Å². The van der Waals surface area contributed by atoms with Gasteiger partial charge in [-0.1, -0.05) is 23.7 Å². The number of aromatic nitrogens is 2. The fourth-order valence-electron chi connectivity index (χ4n) is 2.10. The lowest BCUT2D eigenvalue weighted by Gasteiger charge is -2.06. The van der Waals surface area contributed by atoms with E-state index < -0.39 is 0 Å². The normalized spacial score (nSPS) is 10.5. The molecular weight excluding hydrogens is 345 g/mol. The minimum absolute atomic E-state index is 0.173. The maximum absolute atomic E-state index is 12.8. The first-order chi connectivity index (χ1) is 12.1. The predicted octanol–water partition coefficient (Wildman–Crippen LogP) is 3.64. The van der Waals surface area contributed by atoms with Crippen LogP contribution in [0.5, 0.6) is 5.75 Å². The van der Waals surface area contributed by atoms with Crippen LogP contribution in [-0.2, 0) is 13.3 Å². The number of ether oxygens (including phenoxy) is 1. The van der Waals surface area contributed by atoms with E-state index in [4.69, 9.17) is 16.3 Å². The molecule has 0 radical (unpaired) electrons. The Morgan fingerprint density at radius 2 is 1.84 bits per heavy atom. The van der Waals surface area contributed by atoms with Gasteiger partial charge in [0.15, 0.2) is 6.73 Å². The van der Waals surface area contributed by atoms with Crippen molar-refractivity contribution < 1.29 is 13.9 Å². The number of carbonyl (C=O) groups is 1. The van der Waals surface area contributed by atoms with Crippen molar-refractivity contribution in [3.63, 3.8) is 0 Å². The van der Waals surface area contributed by atoms with Crippen LogP contribution in [-0.4, -0.2) is 15.7 Å². The first kappa shape index (κ1) is 17.0. The van der Waals surface area contributed by atoms with Gasteiger partial charge < -0.3 is 10.1 Å². The topological polar surface area (TPSA) is 56.2 Å². The molecule has 0 aliphatic rings. The smallest absolute Gasteiger partial charge is 0.272 e.